The second-order valence-corrected chi connectivity index (χ2v) is 5.49. The first-order chi connectivity index (χ1) is 10.3. The van der Waals surface area contributed by atoms with E-state index in [0.29, 0.717) is 6.04 Å². The number of aryl methyl sites for hydroxylation is 1. The standard InChI is InChI=1S/C18H20FNO/c1-21-16-8-5-14-10-11-20-18(17(14)12-16)9-4-13-2-6-15(19)7-3-13/h2-3,5-8,12,18,20H,4,9-11H2,1H3. The van der Waals surface area contributed by atoms with Gasteiger partial charge in [-0.2, -0.15) is 0 Å². The summed E-state index contributed by atoms with van der Waals surface area (Å²) in [5, 5.41) is 3.58. The summed E-state index contributed by atoms with van der Waals surface area (Å²) in [4.78, 5) is 0. The van der Waals surface area contributed by atoms with Crippen molar-refractivity contribution in [2.75, 3.05) is 13.7 Å². The van der Waals surface area contributed by atoms with E-state index in [2.05, 4.69) is 17.4 Å². The zero-order chi connectivity index (χ0) is 14.7. The highest BCUT2D eigenvalue weighted by molar-refractivity contribution is 5.39. The Kier molecular flexibility index (Phi) is 4.20. The van der Waals surface area contributed by atoms with Gasteiger partial charge in [-0.3, -0.25) is 0 Å². The van der Waals surface area contributed by atoms with Crippen LogP contribution in [0.2, 0.25) is 0 Å². The van der Waals surface area contributed by atoms with Crippen LogP contribution >= 0.6 is 0 Å². The lowest BCUT2D eigenvalue weighted by Crippen LogP contribution is -2.30. The maximum atomic E-state index is 12.9. The molecule has 1 atom stereocenters. The van der Waals surface area contributed by atoms with Crippen LogP contribution in [0.4, 0.5) is 4.39 Å². The molecule has 110 valence electrons. The van der Waals surface area contributed by atoms with Gasteiger partial charge in [-0.25, -0.2) is 4.39 Å². The molecule has 0 spiro atoms. The summed E-state index contributed by atoms with van der Waals surface area (Å²) in [5.74, 6) is 0.730. The van der Waals surface area contributed by atoms with Gasteiger partial charge in [0.25, 0.3) is 0 Å². The van der Waals surface area contributed by atoms with Crippen LogP contribution in [0.15, 0.2) is 42.5 Å². The molecule has 3 heteroatoms. The fourth-order valence-electron chi connectivity index (χ4n) is 2.96. The Balaban J connectivity index is 1.73. The van der Waals surface area contributed by atoms with E-state index in [4.69, 9.17) is 4.74 Å². The van der Waals surface area contributed by atoms with Crippen LogP contribution in [0.1, 0.15) is 29.2 Å². The van der Waals surface area contributed by atoms with Crippen molar-refractivity contribution >= 4 is 0 Å². The molecule has 1 aliphatic rings. The van der Waals surface area contributed by atoms with Crippen LogP contribution in [0.3, 0.4) is 0 Å². The van der Waals surface area contributed by atoms with Gasteiger partial charge in [0.15, 0.2) is 0 Å². The van der Waals surface area contributed by atoms with E-state index in [1.165, 1.54) is 28.8 Å². The molecule has 0 aliphatic carbocycles. The fourth-order valence-corrected chi connectivity index (χ4v) is 2.96. The van der Waals surface area contributed by atoms with Gasteiger partial charge in [0.2, 0.25) is 0 Å². The molecule has 2 aromatic rings. The third-order valence-corrected chi connectivity index (χ3v) is 4.15. The van der Waals surface area contributed by atoms with Gasteiger partial charge in [0.05, 0.1) is 7.11 Å². The van der Waals surface area contributed by atoms with Crippen molar-refractivity contribution in [3.63, 3.8) is 0 Å². The molecule has 0 amide bonds. The summed E-state index contributed by atoms with van der Waals surface area (Å²) in [5.41, 5.74) is 3.91. The Morgan fingerprint density at radius 1 is 1.19 bits per heavy atom. The van der Waals surface area contributed by atoms with E-state index in [0.717, 1.165) is 31.6 Å². The maximum Gasteiger partial charge on any atom is 0.123 e. The van der Waals surface area contributed by atoms with Gasteiger partial charge in [-0.05, 0) is 66.8 Å². The summed E-state index contributed by atoms with van der Waals surface area (Å²) in [6.07, 6.45) is 3.01. The van der Waals surface area contributed by atoms with E-state index in [1.807, 2.05) is 18.2 Å². The topological polar surface area (TPSA) is 21.3 Å². The van der Waals surface area contributed by atoms with Crippen molar-refractivity contribution in [2.45, 2.75) is 25.3 Å². The Morgan fingerprint density at radius 3 is 2.76 bits per heavy atom. The van der Waals surface area contributed by atoms with Crippen molar-refractivity contribution in [2.24, 2.45) is 0 Å². The number of fused-ring (bicyclic) bond motifs is 1. The molecule has 1 heterocycles. The molecule has 2 aromatic carbocycles. The second kappa shape index (κ2) is 6.27. The first-order valence-corrected chi connectivity index (χ1v) is 7.41. The number of hydrogen-bond acceptors (Lipinski definition) is 2. The van der Waals surface area contributed by atoms with Crippen LogP contribution < -0.4 is 10.1 Å². The smallest absolute Gasteiger partial charge is 0.123 e. The van der Waals surface area contributed by atoms with E-state index < -0.39 is 0 Å². The molecule has 2 nitrogen and oxygen atoms in total. The fraction of sp³-hybridized carbons (Fsp3) is 0.333. The summed E-state index contributed by atoms with van der Waals surface area (Å²) in [6.45, 7) is 1.01. The highest BCUT2D eigenvalue weighted by atomic mass is 19.1. The molecule has 0 fully saturated rings. The number of hydrogen-bond donors (Lipinski definition) is 1. The number of ether oxygens (including phenoxy) is 1. The number of methoxy groups -OCH3 is 1. The molecule has 0 saturated heterocycles. The van der Waals surface area contributed by atoms with E-state index in [1.54, 1.807) is 7.11 Å². The minimum atomic E-state index is -0.176. The molecule has 0 radical (unpaired) electrons. The van der Waals surface area contributed by atoms with Gasteiger partial charge in [-0.15, -0.1) is 0 Å². The lowest BCUT2D eigenvalue weighted by atomic mass is 9.90. The number of halogens is 1. The summed E-state index contributed by atoms with van der Waals surface area (Å²) >= 11 is 0. The number of benzene rings is 2. The summed E-state index contributed by atoms with van der Waals surface area (Å²) < 4.78 is 18.3. The quantitative estimate of drug-likeness (QED) is 0.925. The van der Waals surface area contributed by atoms with E-state index in [-0.39, 0.29) is 5.82 Å². The first-order valence-electron chi connectivity index (χ1n) is 7.41. The third-order valence-electron chi connectivity index (χ3n) is 4.15. The minimum Gasteiger partial charge on any atom is -0.497 e. The molecule has 1 N–H and O–H groups in total. The predicted molar refractivity (Wildman–Crippen MR) is 82.2 cm³/mol. The monoisotopic (exact) mass is 285 g/mol. The average molecular weight is 285 g/mol. The molecule has 1 unspecified atom stereocenters. The van der Waals surface area contributed by atoms with Gasteiger partial charge < -0.3 is 10.1 Å². The third kappa shape index (κ3) is 3.24. The lowest BCUT2D eigenvalue weighted by Gasteiger charge is -2.27. The van der Waals surface area contributed by atoms with Crippen LogP contribution in [-0.2, 0) is 12.8 Å². The van der Waals surface area contributed by atoms with Crippen molar-refractivity contribution < 1.29 is 9.13 Å². The molecule has 1 aliphatic heterocycles. The second-order valence-electron chi connectivity index (χ2n) is 5.49. The molecular weight excluding hydrogens is 265 g/mol. The SMILES string of the molecule is COc1ccc2c(c1)C(CCc1ccc(F)cc1)NCC2. The van der Waals surface area contributed by atoms with E-state index in [9.17, 15) is 4.39 Å². The maximum absolute atomic E-state index is 12.9. The molecule has 0 aromatic heterocycles. The van der Waals surface area contributed by atoms with Crippen LogP contribution in [-0.4, -0.2) is 13.7 Å². The molecule has 0 saturated carbocycles. The van der Waals surface area contributed by atoms with Crippen molar-refractivity contribution in [1.82, 2.24) is 5.32 Å². The van der Waals surface area contributed by atoms with Gasteiger partial charge >= 0.3 is 0 Å². The average Bonchev–Trinajstić information content (AvgIpc) is 2.54. The highest BCUT2D eigenvalue weighted by Crippen LogP contribution is 2.29. The molecular formula is C18H20FNO. The Hall–Kier alpha value is -1.87. The molecule has 0 bridgehead atoms. The zero-order valence-electron chi connectivity index (χ0n) is 12.2. The number of nitrogens with one attached hydrogen (secondary N) is 1. The normalized spacial score (nSPS) is 17.3. The summed E-state index contributed by atoms with van der Waals surface area (Å²) in [7, 11) is 1.70. The Bertz CT molecular complexity index is 609. The Labute approximate surface area is 125 Å². The van der Waals surface area contributed by atoms with Gasteiger partial charge in [0.1, 0.15) is 11.6 Å². The zero-order valence-corrected chi connectivity index (χ0v) is 12.2. The number of rotatable bonds is 4. The van der Waals surface area contributed by atoms with Crippen molar-refractivity contribution in [3.05, 3.63) is 65.0 Å². The Morgan fingerprint density at radius 2 is 2.00 bits per heavy atom. The highest BCUT2D eigenvalue weighted by Gasteiger charge is 2.20. The van der Waals surface area contributed by atoms with Crippen LogP contribution in [0.25, 0.3) is 0 Å². The lowest BCUT2D eigenvalue weighted by molar-refractivity contribution is 0.410. The van der Waals surface area contributed by atoms with E-state index >= 15 is 0 Å². The molecule has 21 heavy (non-hydrogen) atoms. The largest absolute Gasteiger partial charge is 0.497 e. The van der Waals surface area contributed by atoms with Crippen LogP contribution in [0, 0.1) is 5.82 Å². The minimum absolute atomic E-state index is 0.176. The van der Waals surface area contributed by atoms with Crippen molar-refractivity contribution in [3.8, 4) is 5.75 Å². The predicted octanol–water partition coefficient (Wildman–Crippen LogP) is 3.65. The van der Waals surface area contributed by atoms with Crippen molar-refractivity contribution in [1.29, 1.82) is 0 Å². The molecule has 3 rings (SSSR count). The van der Waals surface area contributed by atoms with Crippen LogP contribution in [0.5, 0.6) is 5.75 Å². The first kappa shape index (κ1) is 14.1. The summed E-state index contributed by atoms with van der Waals surface area (Å²) in [6, 6.07) is 13.5. The van der Waals surface area contributed by atoms with Gasteiger partial charge in [-0.1, -0.05) is 18.2 Å². The van der Waals surface area contributed by atoms with Gasteiger partial charge in [0, 0.05) is 6.04 Å².